The summed E-state index contributed by atoms with van der Waals surface area (Å²) in [5.41, 5.74) is 7.16. The lowest BCUT2D eigenvalue weighted by Crippen LogP contribution is -2.15. The summed E-state index contributed by atoms with van der Waals surface area (Å²) in [4.78, 5) is 5.20. The van der Waals surface area contributed by atoms with Crippen LogP contribution in [0.15, 0.2) is 108 Å². The van der Waals surface area contributed by atoms with Crippen LogP contribution in [0.2, 0.25) is 0 Å². The van der Waals surface area contributed by atoms with E-state index in [0.29, 0.717) is 5.56 Å². The van der Waals surface area contributed by atoms with Crippen molar-refractivity contribution in [1.29, 1.82) is 0 Å². The monoisotopic (exact) mass is 611 g/mol. The highest BCUT2D eigenvalue weighted by molar-refractivity contribution is 6.10. The zero-order valence-corrected chi connectivity index (χ0v) is 27.5. The van der Waals surface area contributed by atoms with Gasteiger partial charge in [-0.3, -0.25) is 4.57 Å². The minimum Gasteiger partial charge on any atom is -0.455 e. The van der Waals surface area contributed by atoms with Gasteiger partial charge in [-0.15, -0.1) is 0 Å². The van der Waals surface area contributed by atoms with Crippen molar-refractivity contribution in [2.75, 3.05) is 0 Å². The molecule has 0 N–H and O–H groups in total. The average Bonchev–Trinajstić information content (AvgIpc) is 3.62. The summed E-state index contributed by atoms with van der Waals surface area (Å²) in [6.07, 6.45) is -2.12. The first-order valence-electron chi connectivity index (χ1n) is 17.3. The molecule has 2 aromatic heterocycles. The van der Waals surface area contributed by atoms with Gasteiger partial charge >= 0.3 is 0 Å². The van der Waals surface area contributed by atoms with Gasteiger partial charge in [-0.2, -0.15) is 0 Å². The van der Waals surface area contributed by atoms with Crippen LogP contribution in [0.4, 0.5) is 4.39 Å². The van der Waals surface area contributed by atoms with Crippen LogP contribution in [0, 0.1) is 0 Å². The van der Waals surface area contributed by atoms with E-state index in [2.05, 4.69) is 55.7 Å². The Morgan fingerprint density at radius 2 is 1.52 bits per heavy atom. The number of imidazole rings is 1. The maximum Gasteiger partial charge on any atom is 0.149 e. The standard InChI is InChI=1S/C42H41FN2O/c1-26(2)32-10-9-13-36-38(32)45(31-21-19-30(20-22-31)41(3,4)5)40(44-36)35-12-8-11-34-33-23-18-29(24-37(33)46-39(34)35)28-16-14-27(15-17-28)25-42(6,7)43/h8-24,26H,25H2,1-7H3/i25D2,26D. The van der Waals surface area contributed by atoms with Crippen LogP contribution in [-0.2, 0) is 11.8 Å². The smallest absolute Gasteiger partial charge is 0.149 e. The molecule has 0 amide bonds. The predicted octanol–water partition coefficient (Wildman–Crippen LogP) is 12.0. The van der Waals surface area contributed by atoms with Crippen LogP contribution in [0.1, 0.15) is 75.2 Å². The van der Waals surface area contributed by atoms with E-state index in [-0.39, 0.29) is 5.41 Å². The first-order valence-corrected chi connectivity index (χ1v) is 15.8. The van der Waals surface area contributed by atoms with Gasteiger partial charge in [-0.25, -0.2) is 9.37 Å². The molecule has 4 heteroatoms. The first-order chi connectivity index (χ1) is 22.9. The third-order valence-electron chi connectivity index (χ3n) is 8.61. The second kappa shape index (κ2) is 11.0. The summed E-state index contributed by atoms with van der Waals surface area (Å²) in [5.74, 6) is -0.120. The highest BCUT2D eigenvalue weighted by Gasteiger charge is 2.23. The largest absolute Gasteiger partial charge is 0.455 e. The summed E-state index contributed by atoms with van der Waals surface area (Å²) in [6.45, 7) is 13.0. The van der Waals surface area contributed by atoms with Gasteiger partial charge in [0.25, 0.3) is 0 Å². The fraction of sp³-hybridized carbons (Fsp3) is 0.262. The van der Waals surface area contributed by atoms with Crippen LogP contribution in [-0.4, -0.2) is 15.2 Å². The number of aromatic nitrogens is 2. The Balaban J connectivity index is 1.40. The molecule has 46 heavy (non-hydrogen) atoms. The van der Waals surface area contributed by atoms with E-state index < -0.39 is 17.9 Å². The van der Waals surface area contributed by atoms with E-state index >= 15 is 0 Å². The second-order valence-electron chi connectivity index (χ2n) is 13.9. The lowest BCUT2D eigenvalue weighted by molar-refractivity contribution is 0.217. The van der Waals surface area contributed by atoms with Crippen LogP contribution >= 0.6 is 0 Å². The molecule has 5 aromatic carbocycles. The fourth-order valence-electron chi connectivity index (χ4n) is 6.32. The highest BCUT2D eigenvalue weighted by Crippen LogP contribution is 2.40. The number of halogens is 1. The summed E-state index contributed by atoms with van der Waals surface area (Å²) >= 11 is 0. The Morgan fingerprint density at radius 3 is 2.20 bits per heavy atom. The Morgan fingerprint density at radius 1 is 0.826 bits per heavy atom. The van der Waals surface area contributed by atoms with E-state index in [1.807, 2.05) is 74.5 Å². The van der Waals surface area contributed by atoms with Gasteiger partial charge in [0, 0.05) is 26.9 Å². The third-order valence-corrected chi connectivity index (χ3v) is 8.61. The number of hydrogen-bond acceptors (Lipinski definition) is 2. The lowest BCUT2D eigenvalue weighted by Gasteiger charge is -2.20. The SMILES string of the molecule is [2H]C(C)(C)c1cccc2nc(-c3cccc4c3oc3cc(-c5ccc(C([2H])([2H])C(C)(C)F)cc5)ccc34)n(-c3ccc(C(C)(C)C)cc3)c12. The van der Waals surface area contributed by atoms with E-state index in [9.17, 15) is 4.39 Å². The number of fused-ring (bicyclic) bond motifs is 4. The minimum atomic E-state index is -2.12. The van der Waals surface area contributed by atoms with Crippen LogP contribution in [0.5, 0.6) is 0 Å². The molecule has 0 saturated carbocycles. The molecule has 0 fully saturated rings. The normalized spacial score (nSPS) is 14.1. The predicted molar refractivity (Wildman–Crippen MR) is 191 cm³/mol. The maximum atomic E-state index is 14.6. The number of rotatable bonds is 6. The molecular weight excluding hydrogens is 567 g/mol. The van der Waals surface area contributed by atoms with Crippen molar-refractivity contribution in [3.63, 3.8) is 0 Å². The molecule has 3 nitrogen and oxygen atoms in total. The molecule has 0 spiro atoms. The van der Waals surface area contributed by atoms with Crippen LogP contribution < -0.4 is 0 Å². The van der Waals surface area contributed by atoms with Gasteiger partial charge in [0.05, 0.1) is 16.6 Å². The molecule has 0 atom stereocenters. The van der Waals surface area contributed by atoms with Gasteiger partial charge in [0.1, 0.15) is 22.7 Å². The molecule has 0 radical (unpaired) electrons. The van der Waals surface area contributed by atoms with Gasteiger partial charge < -0.3 is 4.42 Å². The Kier molecular flexibility index (Phi) is 6.33. The topological polar surface area (TPSA) is 31.0 Å². The van der Waals surface area contributed by atoms with Gasteiger partial charge in [-0.05, 0) is 89.4 Å². The van der Waals surface area contributed by atoms with Gasteiger partial charge in [-0.1, -0.05) is 101 Å². The molecule has 2 heterocycles. The van der Waals surface area contributed by atoms with Gasteiger partial charge in [0.2, 0.25) is 0 Å². The fourth-order valence-corrected chi connectivity index (χ4v) is 6.32. The van der Waals surface area contributed by atoms with E-state index in [4.69, 9.17) is 13.5 Å². The Bertz CT molecular complexity index is 2350. The highest BCUT2D eigenvalue weighted by atomic mass is 19.1. The number of benzene rings is 5. The molecular formula is C42H41FN2O. The van der Waals surface area contributed by atoms with E-state index in [1.165, 1.54) is 19.4 Å². The summed E-state index contributed by atoms with van der Waals surface area (Å²) in [7, 11) is 0. The van der Waals surface area contributed by atoms with Crippen LogP contribution in [0.3, 0.4) is 0 Å². The molecule has 7 rings (SSSR count). The van der Waals surface area contributed by atoms with Crippen molar-refractivity contribution in [2.24, 2.45) is 0 Å². The molecule has 0 aliphatic rings. The van der Waals surface area contributed by atoms with Crippen molar-refractivity contribution < 1.29 is 12.9 Å². The number of nitrogens with zero attached hydrogens (tertiary/aromatic N) is 2. The Hall–Kier alpha value is -4.70. The molecule has 0 bridgehead atoms. The van der Waals surface area contributed by atoms with Crippen molar-refractivity contribution >= 4 is 33.0 Å². The zero-order chi connectivity index (χ0) is 35.1. The number of para-hydroxylation sites is 2. The molecule has 0 aliphatic heterocycles. The lowest BCUT2D eigenvalue weighted by atomic mass is 9.87. The number of hydrogen-bond donors (Lipinski definition) is 0. The number of alkyl halides is 1. The van der Waals surface area contributed by atoms with Crippen molar-refractivity contribution in [2.45, 2.75) is 71.8 Å². The summed E-state index contributed by atoms with van der Waals surface area (Å²) < 4.78 is 49.1. The number of furan rings is 1. The maximum absolute atomic E-state index is 14.6. The molecule has 0 aliphatic carbocycles. The minimum absolute atomic E-state index is 0.00655. The molecule has 232 valence electrons. The Labute approximate surface area is 274 Å². The van der Waals surface area contributed by atoms with Crippen LogP contribution in [0.25, 0.3) is 61.2 Å². The second-order valence-corrected chi connectivity index (χ2v) is 13.9. The van der Waals surface area contributed by atoms with Crippen molar-refractivity contribution in [3.8, 4) is 28.2 Å². The van der Waals surface area contributed by atoms with Crippen molar-refractivity contribution in [1.82, 2.24) is 9.55 Å². The quantitative estimate of drug-likeness (QED) is 0.187. The van der Waals surface area contributed by atoms with Crippen molar-refractivity contribution in [3.05, 3.63) is 120 Å². The third kappa shape index (κ3) is 5.40. The molecule has 7 aromatic rings. The summed E-state index contributed by atoms with van der Waals surface area (Å²) in [5, 5.41) is 1.94. The average molecular weight is 612 g/mol. The zero-order valence-electron chi connectivity index (χ0n) is 30.5. The summed E-state index contributed by atoms with van der Waals surface area (Å²) in [6, 6.07) is 33.8. The van der Waals surface area contributed by atoms with E-state index in [0.717, 1.165) is 66.7 Å². The van der Waals surface area contributed by atoms with Gasteiger partial charge in [0.15, 0.2) is 0 Å². The molecule has 0 unspecified atom stereocenters. The molecule has 0 saturated heterocycles. The first kappa shape index (κ1) is 26.5. The van der Waals surface area contributed by atoms with E-state index in [1.54, 1.807) is 12.1 Å².